The van der Waals surface area contributed by atoms with Crippen LogP contribution in [0.25, 0.3) is 0 Å². The Morgan fingerprint density at radius 1 is 0.967 bits per heavy atom. The fourth-order valence-corrected chi connectivity index (χ4v) is 3.55. The summed E-state index contributed by atoms with van der Waals surface area (Å²) in [6.45, 7) is 8.73. The molecular formula is C23H32FN3O3+2. The molecule has 1 fully saturated rings. The van der Waals surface area contributed by atoms with Gasteiger partial charge in [0, 0.05) is 5.69 Å². The molecule has 2 aromatic carbocycles. The van der Waals surface area contributed by atoms with Crippen LogP contribution in [0.1, 0.15) is 13.3 Å². The number of nitrogens with one attached hydrogen (secondary N) is 3. The molecule has 0 saturated carbocycles. The molecule has 162 valence electrons. The highest BCUT2D eigenvalue weighted by atomic mass is 19.1. The molecule has 0 atom stereocenters. The van der Waals surface area contributed by atoms with Crippen molar-refractivity contribution in [2.24, 2.45) is 0 Å². The number of anilines is 1. The minimum Gasteiger partial charge on any atom is -0.494 e. The second-order valence-electron chi connectivity index (χ2n) is 7.65. The van der Waals surface area contributed by atoms with Crippen molar-refractivity contribution in [1.29, 1.82) is 0 Å². The summed E-state index contributed by atoms with van der Waals surface area (Å²) < 4.78 is 24.7. The van der Waals surface area contributed by atoms with Crippen LogP contribution in [-0.2, 0) is 4.79 Å². The van der Waals surface area contributed by atoms with Crippen molar-refractivity contribution in [1.82, 2.24) is 0 Å². The molecule has 1 heterocycles. The number of amides is 1. The van der Waals surface area contributed by atoms with Gasteiger partial charge >= 0.3 is 0 Å². The summed E-state index contributed by atoms with van der Waals surface area (Å²) in [6.07, 6.45) is 0.994. The summed E-state index contributed by atoms with van der Waals surface area (Å²) in [6, 6.07) is 13.8. The molecule has 6 nitrogen and oxygen atoms in total. The molecule has 7 heteroatoms. The van der Waals surface area contributed by atoms with Crippen LogP contribution >= 0.6 is 0 Å². The molecule has 0 bridgehead atoms. The van der Waals surface area contributed by atoms with Gasteiger partial charge in [-0.25, -0.2) is 4.39 Å². The van der Waals surface area contributed by atoms with Gasteiger partial charge in [0.2, 0.25) is 0 Å². The number of halogens is 1. The summed E-state index contributed by atoms with van der Waals surface area (Å²) in [7, 11) is 0. The average Bonchev–Trinajstić information content (AvgIpc) is 2.74. The lowest BCUT2D eigenvalue weighted by Crippen LogP contribution is -3.28. The van der Waals surface area contributed by atoms with E-state index in [2.05, 4.69) is 12.2 Å². The predicted molar refractivity (Wildman–Crippen MR) is 114 cm³/mol. The van der Waals surface area contributed by atoms with Crippen molar-refractivity contribution in [2.45, 2.75) is 13.3 Å². The van der Waals surface area contributed by atoms with Gasteiger partial charge in [0.1, 0.15) is 56.6 Å². The average molecular weight is 418 g/mol. The van der Waals surface area contributed by atoms with Crippen LogP contribution in [0, 0.1) is 5.82 Å². The Kier molecular flexibility index (Phi) is 8.47. The maximum Gasteiger partial charge on any atom is 0.279 e. The number of hydrogen-bond acceptors (Lipinski definition) is 3. The molecule has 1 saturated heterocycles. The van der Waals surface area contributed by atoms with Crippen LogP contribution in [0.3, 0.4) is 0 Å². The molecule has 3 rings (SSSR count). The van der Waals surface area contributed by atoms with Crippen LogP contribution in [0.15, 0.2) is 48.5 Å². The highest BCUT2D eigenvalue weighted by molar-refractivity contribution is 5.91. The van der Waals surface area contributed by atoms with Crippen LogP contribution in [-0.4, -0.2) is 58.4 Å². The quantitative estimate of drug-likeness (QED) is 0.525. The summed E-state index contributed by atoms with van der Waals surface area (Å²) in [5, 5.41) is 2.77. The molecule has 1 amide bonds. The molecule has 0 aromatic heterocycles. The molecule has 0 spiro atoms. The third kappa shape index (κ3) is 7.31. The summed E-state index contributed by atoms with van der Waals surface area (Å²) in [5.41, 5.74) is 0.505. The maximum absolute atomic E-state index is 13.2. The smallest absolute Gasteiger partial charge is 0.279 e. The van der Waals surface area contributed by atoms with Crippen LogP contribution in [0.4, 0.5) is 10.1 Å². The van der Waals surface area contributed by atoms with Crippen molar-refractivity contribution < 1.29 is 28.5 Å². The van der Waals surface area contributed by atoms with Gasteiger partial charge in [-0.2, -0.15) is 0 Å². The van der Waals surface area contributed by atoms with E-state index in [1.54, 1.807) is 12.1 Å². The number of quaternary nitrogens is 2. The van der Waals surface area contributed by atoms with E-state index in [9.17, 15) is 9.18 Å². The highest BCUT2D eigenvalue weighted by Gasteiger charge is 2.24. The zero-order valence-corrected chi connectivity index (χ0v) is 17.6. The van der Waals surface area contributed by atoms with E-state index in [4.69, 9.17) is 9.47 Å². The minimum atomic E-state index is -0.347. The van der Waals surface area contributed by atoms with E-state index in [1.807, 2.05) is 24.3 Å². The minimum absolute atomic E-state index is 0.0752. The maximum atomic E-state index is 13.2. The predicted octanol–water partition coefficient (Wildman–Crippen LogP) is 0.415. The SMILES string of the molecule is CCCOc1ccc(OCC[NH+]2CC[NH+](CC(=O)Nc3cccc(F)c3)CC2)cc1. The number of carbonyl (C=O) groups is 1. The van der Waals surface area contributed by atoms with Gasteiger partial charge in [0.15, 0.2) is 6.54 Å². The number of rotatable bonds is 10. The number of carbonyl (C=O) groups excluding carboxylic acids is 1. The van der Waals surface area contributed by atoms with E-state index in [-0.39, 0.29) is 11.7 Å². The standard InChI is InChI=1S/C23H30FN3O3/c1-2-15-29-21-6-8-22(9-7-21)30-16-14-26-10-12-27(13-11-26)18-23(28)25-20-5-3-4-19(24)17-20/h3-9,17H,2,10-16,18H2,1H3,(H,25,28)/p+2. The summed E-state index contributed by atoms with van der Waals surface area (Å²) in [4.78, 5) is 14.9. The second kappa shape index (κ2) is 11.5. The fraction of sp³-hybridized carbons (Fsp3) is 0.435. The monoisotopic (exact) mass is 417 g/mol. The topological polar surface area (TPSA) is 56.4 Å². The number of benzene rings is 2. The number of piperazine rings is 1. The lowest BCUT2D eigenvalue weighted by atomic mass is 10.3. The molecule has 3 N–H and O–H groups in total. The van der Waals surface area contributed by atoms with E-state index in [1.165, 1.54) is 21.9 Å². The van der Waals surface area contributed by atoms with E-state index in [0.29, 0.717) is 18.8 Å². The normalized spacial score (nSPS) is 18.6. The Labute approximate surface area is 177 Å². The van der Waals surface area contributed by atoms with Crippen molar-refractivity contribution >= 4 is 11.6 Å². The summed E-state index contributed by atoms with van der Waals surface area (Å²) in [5.74, 6) is 1.31. The molecule has 0 aliphatic carbocycles. The van der Waals surface area contributed by atoms with Crippen LogP contribution < -0.4 is 24.6 Å². The van der Waals surface area contributed by atoms with Crippen molar-refractivity contribution in [3.05, 3.63) is 54.3 Å². The molecule has 0 unspecified atom stereocenters. The number of hydrogen-bond donors (Lipinski definition) is 3. The molecular weight excluding hydrogens is 385 g/mol. The Bertz CT molecular complexity index is 793. The van der Waals surface area contributed by atoms with E-state index < -0.39 is 0 Å². The molecule has 0 radical (unpaired) electrons. The zero-order valence-electron chi connectivity index (χ0n) is 17.6. The summed E-state index contributed by atoms with van der Waals surface area (Å²) >= 11 is 0. The fourth-order valence-electron chi connectivity index (χ4n) is 3.55. The highest BCUT2D eigenvalue weighted by Crippen LogP contribution is 2.17. The largest absolute Gasteiger partial charge is 0.494 e. The van der Waals surface area contributed by atoms with E-state index >= 15 is 0 Å². The first-order valence-electron chi connectivity index (χ1n) is 10.7. The van der Waals surface area contributed by atoms with E-state index in [0.717, 1.165) is 57.3 Å². The third-order valence-electron chi connectivity index (χ3n) is 5.20. The van der Waals surface area contributed by atoms with Crippen molar-refractivity contribution in [3.8, 4) is 11.5 Å². The molecule has 1 aliphatic rings. The molecule has 30 heavy (non-hydrogen) atoms. The van der Waals surface area contributed by atoms with Gasteiger partial charge in [-0.15, -0.1) is 0 Å². The van der Waals surface area contributed by atoms with Gasteiger partial charge in [0.05, 0.1) is 6.61 Å². The van der Waals surface area contributed by atoms with Crippen LogP contribution in [0.5, 0.6) is 11.5 Å². The Hall–Kier alpha value is -2.64. The Morgan fingerprint density at radius 2 is 1.60 bits per heavy atom. The first kappa shape index (κ1) is 22.1. The lowest BCUT2D eigenvalue weighted by molar-refractivity contribution is -1.01. The third-order valence-corrected chi connectivity index (χ3v) is 5.20. The Balaban J connectivity index is 1.31. The van der Waals surface area contributed by atoms with Gasteiger partial charge < -0.3 is 24.6 Å². The lowest BCUT2D eigenvalue weighted by Gasteiger charge is -2.29. The Morgan fingerprint density at radius 3 is 2.23 bits per heavy atom. The zero-order chi connectivity index (χ0) is 21.2. The molecule has 1 aliphatic heterocycles. The van der Waals surface area contributed by atoms with Gasteiger partial charge in [0.25, 0.3) is 5.91 Å². The van der Waals surface area contributed by atoms with Gasteiger partial charge in [-0.1, -0.05) is 13.0 Å². The van der Waals surface area contributed by atoms with Crippen molar-refractivity contribution in [2.75, 3.05) is 57.8 Å². The van der Waals surface area contributed by atoms with Crippen molar-refractivity contribution in [3.63, 3.8) is 0 Å². The van der Waals surface area contributed by atoms with Gasteiger partial charge in [-0.05, 0) is 48.9 Å². The van der Waals surface area contributed by atoms with Crippen LogP contribution in [0.2, 0.25) is 0 Å². The first-order chi connectivity index (χ1) is 14.6. The number of ether oxygens (including phenoxy) is 2. The molecule has 2 aromatic rings. The second-order valence-corrected chi connectivity index (χ2v) is 7.65. The first-order valence-corrected chi connectivity index (χ1v) is 10.7. The van der Waals surface area contributed by atoms with Gasteiger partial charge in [-0.3, -0.25) is 4.79 Å².